The molecule has 1 aromatic carbocycles. The van der Waals surface area contributed by atoms with Crippen molar-refractivity contribution in [3.05, 3.63) is 22.2 Å². The molecule has 6 nitrogen and oxygen atoms in total. The molecule has 104 valence electrons. The summed E-state index contributed by atoms with van der Waals surface area (Å²) in [5.74, 6) is -1.66. The molecule has 0 saturated heterocycles. The molecule has 1 atom stereocenters. The number of carbonyl (C=O) groups excluding carboxylic acids is 2. The van der Waals surface area contributed by atoms with Gasteiger partial charge in [0.05, 0.1) is 10.5 Å². The fourth-order valence-electron chi connectivity index (χ4n) is 1.80. The minimum atomic E-state index is -1.38. The number of nitrogens with one attached hydrogen (secondary N) is 1. The van der Waals surface area contributed by atoms with Crippen molar-refractivity contribution in [3.63, 3.8) is 0 Å². The molecule has 1 amide bonds. The van der Waals surface area contributed by atoms with Crippen LogP contribution in [0.1, 0.15) is 10.4 Å². The van der Waals surface area contributed by atoms with E-state index in [1.165, 1.54) is 19.2 Å². The summed E-state index contributed by atoms with van der Waals surface area (Å²) in [6.45, 7) is 0.812. The number of ether oxygens (including phenoxy) is 2. The van der Waals surface area contributed by atoms with Crippen molar-refractivity contribution < 1.29 is 19.1 Å². The van der Waals surface area contributed by atoms with Gasteiger partial charge in [0.15, 0.2) is 23.2 Å². The number of amides is 1. The van der Waals surface area contributed by atoms with Crippen molar-refractivity contribution in [1.82, 2.24) is 5.32 Å². The van der Waals surface area contributed by atoms with Crippen LogP contribution in [-0.2, 0) is 4.79 Å². The first-order chi connectivity index (χ1) is 9.58. The second-order valence-electron chi connectivity index (χ2n) is 4.02. The molecule has 1 N–H and O–H groups in total. The van der Waals surface area contributed by atoms with E-state index < -0.39 is 17.6 Å². The zero-order valence-electron chi connectivity index (χ0n) is 10.6. The zero-order chi connectivity index (χ0) is 14.7. The highest BCUT2D eigenvalue weighted by Crippen LogP contribution is 2.38. The van der Waals surface area contributed by atoms with Crippen molar-refractivity contribution in [3.8, 4) is 17.6 Å². The Labute approximate surface area is 123 Å². The Morgan fingerprint density at radius 2 is 2.10 bits per heavy atom. The summed E-state index contributed by atoms with van der Waals surface area (Å²) in [6.07, 6.45) is 0. The first kappa shape index (κ1) is 14.3. The van der Waals surface area contributed by atoms with Crippen molar-refractivity contribution in [2.75, 3.05) is 20.3 Å². The fourth-order valence-corrected chi connectivity index (χ4v) is 2.36. The Bertz CT molecular complexity index is 609. The molecule has 0 bridgehead atoms. The standard InChI is InChI=1S/C13H11BrN2O4/c1-16-13(18)8(6-15)11(17)7-4-9(14)12-10(5-7)19-2-3-20-12/h4-5,8H,2-3H2,1H3,(H,16,18)/t8-/m1/s1. The summed E-state index contributed by atoms with van der Waals surface area (Å²) in [5, 5.41) is 11.3. The number of benzene rings is 1. The minimum Gasteiger partial charge on any atom is -0.486 e. The van der Waals surface area contributed by atoms with Gasteiger partial charge in [0.25, 0.3) is 0 Å². The van der Waals surface area contributed by atoms with Crippen LogP contribution in [0.15, 0.2) is 16.6 Å². The van der Waals surface area contributed by atoms with E-state index >= 15 is 0 Å². The number of hydrogen-bond acceptors (Lipinski definition) is 5. The van der Waals surface area contributed by atoms with Crippen LogP contribution in [0.3, 0.4) is 0 Å². The Kier molecular flexibility index (Phi) is 4.25. The van der Waals surface area contributed by atoms with Gasteiger partial charge in [-0.3, -0.25) is 9.59 Å². The second kappa shape index (κ2) is 5.92. The van der Waals surface area contributed by atoms with Crippen LogP contribution >= 0.6 is 15.9 Å². The average Bonchev–Trinajstić information content (AvgIpc) is 2.47. The molecule has 0 saturated carbocycles. The quantitative estimate of drug-likeness (QED) is 0.662. The summed E-state index contributed by atoms with van der Waals surface area (Å²) in [4.78, 5) is 23.7. The van der Waals surface area contributed by atoms with Gasteiger partial charge >= 0.3 is 0 Å². The normalized spacial score (nSPS) is 14.1. The Morgan fingerprint density at radius 1 is 1.40 bits per heavy atom. The lowest BCUT2D eigenvalue weighted by molar-refractivity contribution is -0.121. The topological polar surface area (TPSA) is 88.4 Å². The molecule has 0 aliphatic carbocycles. The van der Waals surface area contributed by atoms with Gasteiger partial charge in [-0.2, -0.15) is 5.26 Å². The van der Waals surface area contributed by atoms with E-state index in [2.05, 4.69) is 21.2 Å². The van der Waals surface area contributed by atoms with E-state index in [0.29, 0.717) is 29.2 Å². The molecule has 2 rings (SSSR count). The number of hydrogen-bond donors (Lipinski definition) is 1. The van der Waals surface area contributed by atoms with Crippen LogP contribution in [0, 0.1) is 17.2 Å². The highest BCUT2D eigenvalue weighted by molar-refractivity contribution is 9.10. The lowest BCUT2D eigenvalue weighted by Crippen LogP contribution is -2.32. The van der Waals surface area contributed by atoms with Gasteiger partial charge in [0.2, 0.25) is 5.91 Å². The summed E-state index contributed by atoms with van der Waals surface area (Å²) in [6, 6.07) is 4.70. The minimum absolute atomic E-state index is 0.219. The van der Waals surface area contributed by atoms with Crippen LogP contribution in [-0.4, -0.2) is 32.0 Å². The van der Waals surface area contributed by atoms with Crippen LogP contribution < -0.4 is 14.8 Å². The molecule has 0 spiro atoms. The van der Waals surface area contributed by atoms with Crippen LogP contribution in [0.25, 0.3) is 0 Å². The predicted molar refractivity (Wildman–Crippen MR) is 72.6 cm³/mol. The number of rotatable bonds is 3. The molecular weight excluding hydrogens is 328 g/mol. The molecule has 0 unspecified atom stereocenters. The number of ketones is 1. The fraction of sp³-hybridized carbons (Fsp3) is 0.308. The van der Waals surface area contributed by atoms with E-state index in [-0.39, 0.29) is 5.56 Å². The van der Waals surface area contributed by atoms with Gasteiger partial charge in [-0.25, -0.2) is 0 Å². The number of nitriles is 1. The zero-order valence-corrected chi connectivity index (χ0v) is 12.2. The third-order valence-corrected chi connectivity index (χ3v) is 3.37. The smallest absolute Gasteiger partial charge is 0.245 e. The van der Waals surface area contributed by atoms with Gasteiger partial charge in [-0.15, -0.1) is 0 Å². The van der Waals surface area contributed by atoms with Gasteiger partial charge in [0.1, 0.15) is 13.2 Å². The average molecular weight is 339 g/mol. The highest BCUT2D eigenvalue weighted by Gasteiger charge is 2.28. The summed E-state index contributed by atoms with van der Waals surface area (Å²) >= 11 is 3.29. The van der Waals surface area contributed by atoms with Gasteiger partial charge < -0.3 is 14.8 Å². The maximum absolute atomic E-state index is 12.2. The first-order valence-electron chi connectivity index (χ1n) is 5.83. The third kappa shape index (κ3) is 2.60. The van der Waals surface area contributed by atoms with E-state index in [9.17, 15) is 9.59 Å². The lowest BCUT2D eigenvalue weighted by atomic mass is 9.97. The Morgan fingerprint density at radius 3 is 2.75 bits per heavy atom. The molecule has 20 heavy (non-hydrogen) atoms. The largest absolute Gasteiger partial charge is 0.486 e. The maximum Gasteiger partial charge on any atom is 0.245 e. The summed E-state index contributed by atoms with van der Waals surface area (Å²) in [7, 11) is 1.37. The number of halogens is 1. The van der Waals surface area contributed by atoms with Crippen LogP contribution in [0.5, 0.6) is 11.5 Å². The van der Waals surface area contributed by atoms with Crippen molar-refractivity contribution >= 4 is 27.6 Å². The Balaban J connectivity index is 2.38. The molecule has 7 heteroatoms. The van der Waals surface area contributed by atoms with Crippen molar-refractivity contribution in [2.24, 2.45) is 5.92 Å². The van der Waals surface area contributed by atoms with E-state index in [4.69, 9.17) is 14.7 Å². The van der Waals surface area contributed by atoms with Crippen LogP contribution in [0.4, 0.5) is 0 Å². The molecule has 0 aromatic heterocycles. The SMILES string of the molecule is CNC(=O)[C@H](C#N)C(=O)c1cc(Br)c2c(c1)OCCO2. The van der Waals surface area contributed by atoms with E-state index in [1.54, 1.807) is 6.07 Å². The van der Waals surface area contributed by atoms with E-state index in [0.717, 1.165) is 0 Å². The third-order valence-electron chi connectivity index (χ3n) is 2.78. The van der Waals surface area contributed by atoms with Gasteiger partial charge in [-0.1, -0.05) is 0 Å². The number of Topliss-reactive ketones (excluding diaryl/α,β-unsaturated/α-hetero) is 1. The number of carbonyl (C=O) groups is 2. The Hall–Kier alpha value is -2.07. The molecule has 1 aliphatic rings. The lowest BCUT2D eigenvalue weighted by Gasteiger charge is -2.20. The molecule has 1 aliphatic heterocycles. The van der Waals surface area contributed by atoms with E-state index in [1.807, 2.05) is 0 Å². The number of nitrogens with zero attached hydrogens (tertiary/aromatic N) is 1. The predicted octanol–water partition coefficient (Wildman–Crippen LogP) is 1.29. The molecular formula is C13H11BrN2O4. The molecule has 0 fully saturated rings. The second-order valence-corrected chi connectivity index (χ2v) is 4.88. The highest BCUT2D eigenvalue weighted by atomic mass is 79.9. The van der Waals surface area contributed by atoms with Crippen LogP contribution in [0.2, 0.25) is 0 Å². The molecule has 0 radical (unpaired) electrons. The van der Waals surface area contributed by atoms with Gasteiger partial charge in [0, 0.05) is 12.6 Å². The van der Waals surface area contributed by atoms with Gasteiger partial charge in [-0.05, 0) is 28.1 Å². The molecule has 1 heterocycles. The monoisotopic (exact) mass is 338 g/mol. The first-order valence-corrected chi connectivity index (χ1v) is 6.62. The van der Waals surface area contributed by atoms with Crippen molar-refractivity contribution in [1.29, 1.82) is 5.26 Å². The number of fused-ring (bicyclic) bond motifs is 1. The molecule has 1 aromatic rings. The summed E-state index contributed by atoms with van der Waals surface area (Å²) < 4.78 is 11.4. The maximum atomic E-state index is 12.2. The van der Waals surface area contributed by atoms with Crippen molar-refractivity contribution in [2.45, 2.75) is 0 Å². The summed E-state index contributed by atoms with van der Waals surface area (Å²) in [5.41, 5.74) is 0.219.